The average molecular weight is 288 g/mol. The van der Waals surface area contributed by atoms with Gasteiger partial charge in [-0.3, -0.25) is 4.99 Å². The normalized spacial score (nSPS) is 11.4. The second-order valence-corrected chi connectivity index (χ2v) is 5.61. The van der Waals surface area contributed by atoms with Crippen LogP contribution in [0.2, 0.25) is 0 Å². The lowest BCUT2D eigenvalue weighted by molar-refractivity contribution is 0.867. The molecule has 0 fully saturated rings. The fourth-order valence-electron chi connectivity index (χ4n) is 2.55. The van der Waals surface area contributed by atoms with E-state index < -0.39 is 0 Å². The molecule has 110 valence electrons. The maximum Gasteiger partial charge on any atom is 0.0665 e. The Balaban J connectivity index is 1.94. The van der Waals surface area contributed by atoms with Crippen LogP contribution in [0, 0.1) is 0 Å². The van der Waals surface area contributed by atoms with Gasteiger partial charge in [0.2, 0.25) is 0 Å². The summed E-state index contributed by atoms with van der Waals surface area (Å²) in [4.78, 5) is 4.71. The molecule has 1 aromatic heterocycles. The van der Waals surface area contributed by atoms with Gasteiger partial charge in [-0.2, -0.15) is 0 Å². The van der Waals surface area contributed by atoms with Crippen molar-refractivity contribution in [1.29, 1.82) is 0 Å². The Morgan fingerprint density at radius 3 is 2.36 bits per heavy atom. The first-order valence-corrected chi connectivity index (χ1v) is 7.61. The molecule has 0 atom stereocenters. The smallest absolute Gasteiger partial charge is 0.0665 e. The van der Waals surface area contributed by atoms with Crippen molar-refractivity contribution >= 4 is 11.9 Å². The molecule has 0 N–H and O–H groups in total. The molecule has 0 unspecified atom stereocenters. The second kappa shape index (κ2) is 6.44. The molecule has 22 heavy (non-hydrogen) atoms. The lowest BCUT2D eigenvalue weighted by Crippen LogP contribution is -1.97. The first-order valence-electron chi connectivity index (χ1n) is 7.61. The quantitative estimate of drug-likeness (QED) is 0.576. The SMILES string of the molecule is CC(C)c1ccccc1N=Cc1cccn1-c1ccccc1. The van der Waals surface area contributed by atoms with Crippen molar-refractivity contribution in [2.24, 2.45) is 4.99 Å². The van der Waals surface area contributed by atoms with Gasteiger partial charge < -0.3 is 4.57 Å². The molecule has 0 aliphatic heterocycles. The van der Waals surface area contributed by atoms with Crippen LogP contribution in [0.1, 0.15) is 31.0 Å². The number of rotatable bonds is 4. The Morgan fingerprint density at radius 2 is 1.59 bits per heavy atom. The van der Waals surface area contributed by atoms with Crippen molar-refractivity contribution in [2.75, 3.05) is 0 Å². The van der Waals surface area contributed by atoms with Crippen LogP contribution in [0.25, 0.3) is 5.69 Å². The molecule has 0 aliphatic carbocycles. The van der Waals surface area contributed by atoms with Crippen molar-refractivity contribution in [3.05, 3.63) is 84.2 Å². The van der Waals surface area contributed by atoms with E-state index in [-0.39, 0.29) is 0 Å². The van der Waals surface area contributed by atoms with Crippen molar-refractivity contribution in [3.63, 3.8) is 0 Å². The third kappa shape index (κ3) is 3.01. The maximum atomic E-state index is 4.71. The number of para-hydroxylation sites is 2. The summed E-state index contributed by atoms with van der Waals surface area (Å²) in [6, 6.07) is 22.8. The monoisotopic (exact) mass is 288 g/mol. The molecule has 0 amide bonds. The van der Waals surface area contributed by atoms with Gasteiger partial charge >= 0.3 is 0 Å². The minimum Gasteiger partial charge on any atom is -0.316 e. The van der Waals surface area contributed by atoms with Crippen LogP contribution in [-0.2, 0) is 0 Å². The zero-order valence-electron chi connectivity index (χ0n) is 13.0. The van der Waals surface area contributed by atoms with Crippen LogP contribution in [0.5, 0.6) is 0 Å². The highest BCUT2D eigenvalue weighted by Gasteiger charge is 2.05. The summed E-state index contributed by atoms with van der Waals surface area (Å²) in [5.74, 6) is 0.467. The lowest BCUT2D eigenvalue weighted by atomic mass is 10.0. The van der Waals surface area contributed by atoms with E-state index in [2.05, 4.69) is 61.0 Å². The molecule has 0 bridgehead atoms. The van der Waals surface area contributed by atoms with Gasteiger partial charge in [0.25, 0.3) is 0 Å². The number of hydrogen-bond donors (Lipinski definition) is 0. The average Bonchev–Trinajstić information content (AvgIpc) is 3.02. The van der Waals surface area contributed by atoms with Crippen molar-refractivity contribution in [2.45, 2.75) is 19.8 Å². The minimum absolute atomic E-state index is 0.467. The van der Waals surface area contributed by atoms with Gasteiger partial charge in [0.1, 0.15) is 0 Å². The van der Waals surface area contributed by atoms with Crippen molar-refractivity contribution < 1.29 is 0 Å². The minimum atomic E-state index is 0.467. The number of hydrogen-bond acceptors (Lipinski definition) is 1. The summed E-state index contributed by atoms with van der Waals surface area (Å²) in [6.45, 7) is 4.39. The highest BCUT2D eigenvalue weighted by atomic mass is 15.0. The zero-order valence-corrected chi connectivity index (χ0v) is 13.0. The first-order chi connectivity index (χ1) is 10.8. The zero-order chi connectivity index (χ0) is 15.4. The van der Waals surface area contributed by atoms with Gasteiger partial charge in [-0.1, -0.05) is 50.2 Å². The molecule has 0 aliphatic rings. The van der Waals surface area contributed by atoms with Crippen LogP contribution < -0.4 is 0 Å². The summed E-state index contributed by atoms with van der Waals surface area (Å²) < 4.78 is 2.14. The first kappa shape index (κ1) is 14.3. The molecule has 2 heteroatoms. The van der Waals surface area contributed by atoms with Crippen LogP contribution >= 0.6 is 0 Å². The molecule has 0 saturated carbocycles. The molecule has 0 radical (unpaired) electrons. The number of nitrogens with zero attached hydrogens (tertiary/aromatic N) is 2. The second-order valence-electron chi connectivity index (χ2n) is 5.61. The van der Waals surface area contributed by atoms with E-state index in [1.54, 1.807) is 0 Å². The van der Waals surface area contributed by atoms with Gasteiger partial charge in [0.15, 0.2) is 0 Å². The topological polar surface area (TPSA) is 17.3 Å². The van der Waals surface area contributed by atoms with E-state index in [4.69, 9.17) is 4.99 Å². The lowest BCUT2D eigenvalue weighted by Gasteiger charge is -2.09. The summed E-state index contributed by atoms with van der Waals surface area (Å²) in [5.41, 5.74) is 4.53. The number of aliphatic imine (C=N–C) groups is 1. The van der Waals surface area contributed by atoms with E-state index in [0.29, 0.717) is 5.92 Å². The van der Waals surface area contributed by atoms with Gasteiger partial charge in [-0.05, 0) is 41.8 Å². The summed E-state index contributed by atoms with van der Waals surface area (Å²) >= 11 is 0. The van der Waals surface area contributed by atoms with Crippen LogP contribution in [-0.4, -0.2) is 10.8 Å². The van der Waals surface area contributed by atoms with Gasteiger partial charge in [0, 0.05) is 11.9 Å². The summed E-state index contributed by atoms with van der Waals surface area (Å²) in [6.07, 6.45) is 4.00. The van der Waals surface area contributed by atoms with Gasteiger partial charge in [-0.15, -0.1) is 0 Å². The highest BCUT2D eigenvalue weighted by Crippen LogP contribution is 2.26. The van der Waals surface area contributed by atoms with Crippen molar-refractivity contribution in [3.8, 4) is 5.69 Å². The largest absolute Gasteiger partial charge is 0.316 e. The summed E-state index contributed by atoms with van der Waals surface area (Å²) in [5, 5.41) is 0. The maximum absolute atomic E-state index is 4.71. The van der Waals surface area contributed by atoms with Gasteiger partial charge in [0.05, 0.1) is 17.6 Å². The molecule has 0 saturated heterocycles. The molecule has 3 rings (SSSR count). The molecule has 3 aromatic rings. The Morgan fingerprint density at radius 1 is 0.864 bits per heavy atom. The molecule has 2 aromatic carbocycles. The van der Waals surface area contributed by atoms with Gasteiger partial charge in [-0.25, -0.2) is 0 Å². The number of aromatic nitrogens is 1. The fraction of sp³-hybridized carbons (Fsp3) is 0.150. The third-order valence-corrected chi connectivity index (χ3v) is 3.71. The predicted molar refractivity (Wildman–Crippen MR) is 93.6 cm³/mol. The fourth-order valence-corrected chi connectivity index (χ4v) is 2.55. The van der Waals surface area contributed by atoms with E-state index in [9.17, 15) is 0 Å². The van der Waals surface area contributed by atoms with E-state index in [1.807, 2.05) is 36.5 Å². The Labute approximate surface area is 131 Å². The third-order valence-electron chi connectivity index (χ3n) is 3.71. The van der Waals surface area contributed by atoms with E-state index in [0.717, 1.165) is 17.1 Å². The predicted octanol–water partition coefficient (Wildman–Crippen LogP) is 5.35. The molecule has 1 heterocycles. The van der Waals surface area contributed by atoms with E-state index >= 15 is 0 Å². The molecule has 0 spiro atoms. The van der Waals surface area contributed by atoms with E-state index in [1.165, 1.54) is 5.56 Å². The van der Waals surface area contributed by atoms with Crippen LogP contribution in [0.3, 0.4) is 0 Å². The standard InChI is InChI=1S/C20H20N2/c1-16(2)19-12-6-7-13-20(19)21-15-18-11-8-14-22(18)17-9-4-3-5-10-17/h3-16H,1-2H3. The Kier molecular flexibility index (Phi) is 4.19. The number of benzene rings is 2. The Bertz CT molecular complexity index is 767. The molecular formula is C20H20N2. The van der Waals surface area contributed by atoms with Crippen LogP contribution in [0.15, 0.2) is 77.9 Å². The molecule has 2 nitrogen and oxygen atoms in total. The van der Waals surface area contributed by atoms with Crippen LogP contribution in [0.4, 0.5) is 5.69 Å². The summed E-state index contributed by atoms with van der Waals surface area (Å²) in [7, 11) is 0. The molecular weight excluding hydrogens is 268 g/mol. The highest BCUT2D eigenvalue weighted by molar-refractivity contribution is 5.81. The Hall–Kier alpha value is -2.61. The van der Waals surface area contributed by atoms with Crippen molar-refractivity contribution in [1.82, 2.24) is 4.57 Å².